The summed E-state index contributed by atoms with van der Waals surface area (Å²) in [5.41, 5.74) is 0.911. The van der Waals surface area contributed by atoms with Gasteiger partial charge in [0.05, 0.1) is 12.7 Å². The summed E-state index contributed by atoms with van der Waals surface area (Å²) in [6.45, 7) is 3.61. The van der Waals surface area contributed by atoms with Gasteiger partial charge in [-0.15, -0.1) is 0 Å². The van der Waals surface area contributed by atoms with Crippen LogP contribution in [0.5, 0.6) is 5.75 Å². The zero-order chi connectivity index (χ0) is 21.7. The molecule has 0 aliphatic rings. The molecule has 3 nitrogen and oxygen atoms in total. The minimum atomic E-state index is -0.478. The summed E-state index contributed by atoms with van der Waals surface area (Å²) in [7, 11) is 1.85. The Hall–Kier alpha value is -1.06. The summed E-state index contributed by atoms with van der Waals surface area (Å²) < 4.78 is 5.86. The van der Waals surface area contributed by atoms with Crippen molar-refractivity contribution in [2.75, 3.05) is 20.2 Å². The SMILES string of the molecule is CCCCCCCCCCCCCCCCCCOc1cccc(C(O)CNC)c1. The summed E-state index contributed by atoms with van der Waals surface area (Å²) in [6.07, 6.45) is 21.7. The van der Waals surface area contributed by atoms with E-state index in [0.717, 1.165) is 24.3 Å². The van der Waals surface area contributed by atoms with E-state index in [1.165, 1.54) is 96.3 Å². The molecule has 1 unspecified atom stereocenters. The second-order valence-electron chi connectivity index (χ2n) is 8.80. The molecule has 1 aromatic carbocycles. The molecule has 0 aliphatic heterocycles. The fourth-order valence-electron chi connectivity index (χ4n) is 3.96. The molecule has 2 N–H and O–H groups in total. The molecule has 0 aliphatic carbocycles. The van der Waals surface area contributed by atoms with Crippen LogP contribution < -0.4 is 10.1 Å². The van der Waals surface area contributed by atoms with E-state index >= 15 is 0 Å². The number of aliphatic hydroxyl groups is 1. The Kier molecular flexibility index (Phi) is 17.9. The number of aliphatic hydroxyl groups excluding tert-OH is 1. The first-order valence-corrected chi connectivity index (χ1v) is 12.8. The van der Waals surface area contributed by atoms with Crippen LogP contribution in [-0.4, -0.2) is 25.3 Å². The summed E-state index contributed by atoms with van der Waals surface area (Å²) in [5.74, 6) is 0.864. The topological polar surface area (TPSA) is 41.5 Å². The lowest BCUT2D eigenvalue weighted by atomic mass is 10.0. The monoisotopic (exact) mass is 419 g/mol. The van der Waals surface area contributed by atoms with E-state index in [0.29, 0.717) is 6.54 Å². The van der Waals surface area contributed by atoms with Crippen LogP contribution in [0.2, 0.25) is 0 Å². The molecule has 0 fully saturated rings. The number of benzene rings is 1. The molecule has 1 rings (SSSR count). The average molecular weight is 420 g/mol. The lowest BCUT2D eigenvalue weighted by Gasteiger charge is -2.12. The molecule has 0 bridgehead atoms. The van der Waals surface area contributed by atoms with Gasteiger partial charge >= 0.3 is 0 Å². The molecule has 174 valence electrons. The molecule has 1 atom stereocenters. The molecule has 3 heteroatoms. The van der Waals surface area contributed by atoms with E-state index in [1.54, 1.807) is 0 Å². The van der Waals surface area contributed by atoms with Crippen LogP contribution in [0.4, 0.5) is 0 Å². The van der Waals surface area contributed by atoms with E-state index in [4.69, 9.17) is 4.74 Å². The normalized spacial score (nSPS) is 12.2. The smallest absolute Gasteiger partial charge is 0.119 e. The zero-order valence-electron chi connectivity index (χ0n) is 20.0. The molecule has 0 radical (unpaired) electrons. The van der Waals surface area contributed by atoms with Crippen LogP contribution in [0, 0.1) is 0 Å². The van der Waals surface area contributed by atoms with Crippen molar-refractivity contribution in [3.8, 4) is 5.75 Å². The predicted molar refractivity (Wildman–Crippen MR) is 130 cm³/mol. The largest absolute Gasteiger partial charge is 0.494 e. The molecule has 0 amide bonds. The number of ether oxygens (including phenoxy) is 1. The molecule has 0 spiro atoms. The number of nitrogens with one attached hydrogen (secondary N) is 1. The van der Waals surface area contributed by atoms with Gasteiger partial charge in [0, 0.05) is 6.54 Å². The van der Waals surface area contributed by atoms with Gasteiger partial charge in [0.2, 0.25) is 0 Å². The molecule has 0 saturated carbocycles. The van der Waals surface area contributed by atoms with Gasteiger partial charge in [-0.05, 0) is 31.2 Å². The van der Waals surface area contributed by atoms with Crippen molar-refractivity contribution in [2.45, 2.75) is 116 Å². The van der Waals surface area contributed by atoms with Gasteiger partial charge in [-0.1, -0.05) is 115 Å². The van der Waals surface area contributed by atoms with Gasteiger partial charge < -0.3 is 15.2 Å². The van der Waals surface area contributed by atoms with Gasteiger partial charge in [0.15, 0.2) is 0 Å². The van der Waals surface area contributed by atoms with Crippen molar-refractivity contribution in [3.63, 3.8) is 0 Å². The Morgan fingerprint density at radius 1 is 0.767 bits per heavy atom. The number of likely N-dealkylation sites (N-methyl/N-ethyl adjacent to an activating group) is 1. The highest BCUT2D eigenvalue weighted by Crippen LogP contribution is 2.19. The van der Waals surface area contributed by atoms with Crippen LogP contribution in [0.25, 0.3) is 0 Å². The molecule has 0 heterocycles. The van der Waals surface area contributed by atoms with Crippen LogP contribution in [-0.2, 0) is 0 Å². The zero-order valence-corrected chi connectivity index (χ0v) is 20.0. The van der Waals surface area contributed by atoms with Crippen molar-refractivity contribution >= 4 is 0 Å². The highest BCUT2D eigenvalue weighted by molar-refractivity contribution is 5.30. The van der Waals surface area contributed by atoms with E-state index in [9.17, 15) is 5.11 Å². The first-order chi connectivity index (χ1) is 14.8. The standard InChI is InChI=1S/C27H49NO2/c1-3-4-5-6-7-8-9-10-11-12-13-14-15-16-17-18-22-30-26-21-19-20-25(23-26)27(29)24-28-2/h19-21,23,27-29H,3-18,22,24H2,1-2H3. The van der Waals surface area contributed by atoms with Crippen molar-refractivity contribution < 1.29 is 9.84 Å². The Morgan fingerprint density at radius 3 is 1.77 bits per heavy atom. The number of hydrogen-bond donors (Lipinski definition) is 2. The minimum Gasteiger partial charge on any atom is -0.494 e. The fourth-order valence-corrected chi connectivity index (χ4v) is 3.96. The average Bonchev–Trinajstić information content (AvgIpc) is 2.76. The highest BCUT2D eigenvalue weighted by Gasteiger charge is 2.07. The first kappa shape index (κ1) is 27.0. The molecular weight excluding hydrogens is 370 g/mol. The van der Waals surface area contributed by atoms with Gasteiger partial charge in [0.1, 0.15) is 5.75 Å². The molecule has 1 aromatic rings. The number of rotatable bonds is 21. The summed E-state index contributed by atoms with van der Waals surface area (Å²) in [5, 5.41) is 13.0. The van der Waals surface area contributed by atoms with Crippen molar-refractivity contribution in [1.29, 1.82) is 0 Å². The molecule has 30 heavy (non-hydrogen) atoms. The third kappa shape index (κ3) is 14.8. The van der Waals surface area contributed by atoms with Crippen molar-refractivity contribution in [3.05, 3.63) is 29.8 Å². The van der Waals surface area contributed by atoms with Gasteiger partial charge in [-0.3, -0.25) is 0 Å². The summed E-state index contributed by atoms with van der Waals surface area (Å²) in [4.78, 5) is 0. The Labute approximate surface area is 187 Å². The maximum atomic E-state index is 10.0. The lowest BCUT2D eigenvalue weighted by molar-refractivity contribution is 0.177. The van der Waals surface area contributed by atoms with E-state index < -0.39 is 6.10 Å². The number of unbranched alkanes of at least 4 members (excludes halogenated alkanes) is 15. The third-order valence-corrected chi connectivity index (χ3v) is 5.91. The fraction of sp³-hybridized carbons (Fsp3) is 0.778. The maximum Gasteiger partial charge on any atom is 0.119 e. The second kappa shape index (κ2) is 19.9. The molecular formula is C27H49NO2. The van der Waals surface area contributed by atoms with Crippen molar-refractivity contribution in [2.24, 2.45) is 0 Å². The van der Waals surface area contributed by atoms with Crippen LogP contribution in [0.15, 0.2) is 24.3 Å². The van der Waals surface area contributed by atoms with Gasteiger partial charge in [-0.25, -0.2) is 0 Å². The number of hydrogen-bond acceptors (Lipinski definition) is 3. The van der Waals surface area contributed by atoms with E-state index in [1.807, 2.05) is 31.3 Å². The van der Waals surface area contributed by atoms with E-state index in [-0.39, 0.29) is 0 Å². The minimum absolute atomic E-state index is 0.478. The Balaban J connectivity index is 1.86. The van der Waals surface area contributed by atoms with Crippen LogP contribution >= 0.6 is 0 Å². The molecule has 0 aromatic heterocycles. The Morgan fingerprint density at radius 2 is 1.27 bits per heavy atom. The molecule has 0 saturated heterocycles. The second-order valence-corrected chi connectivity index (χ2v) is 8.80. The maximum absolute atomic E-state index is 10.0. The van der Waals surface area contributed by atoms with Crippen molar-refractivity contribution in [1.82, 2.24) is 5.32 Å². The predicted octanol–water partition coefficient (Wildman–Crippen LogP) is 7.58. The highest BCUT2D eigenvalue weighted by atomic mass is 16.5. The van der Waals surface area contributed by atoms with Gasteiger partial charge in [0.25, 0.3) is 0 Å². The summed E-state index contributed by atoms with van der Waals surface area (Å²) in [6, 6.07) is 7.83. The first-order valence-electron chi connectivity index (χ1n) is 12.8. The Bertz CT molecular complexity index is 492. The lowest BCUT2D eigenvalue weighted by Crippen LogP contribution is -2.16. The third-order valence-electron chi connectivity index (χ3n) is 5.91. The van der Waals surface area contributed by atoms with Gasteiger partial charge in [-0.2, -0.15) is 0 Å². The van der Waals surface area contributed by atoms with Crippen LogP contribution in [0.1, 0.15) is 121 Å². The van der Waals surface area contributed by atoms with E-state index in [2.05, 4.69) is 12.2 Å². The van der Waals surface area contributed by atoms with Crippen LogP contribution in [0.3, 0.4) is 0 Å². The quantitative estimate of drug-likeness (QED) is 0.202. The summed E-state index contributed by atoms with van der Waals surface area (Å²) >= 11 is 0.